The molecule has 0 amide bonds. The van der Waals surface area contributed by atoms with Crippen molar-refractivity contribution in [2.45, 2.75) is 6.92 Å². The summed E-state index contributed by atoms with van der Waals surface area (Å²) in [5.74, 6) is -6.91. The van der Waals surface area contributed by atoms with Gasteiger partial charge in [0, 0.05) is 0 Å². The van der Waals surface area contributed by atoms with Crippen molar-refractivity contribution >= 4 is 5.69 Å². The molecule has 0 aromatic heterocycles. The third-order valence-corrected chi connectivity index (χ3v) is 1.68. The molecule has 0 aliphatic rings. The summed E-state index contributed by atoms with van der Waals surface area (Å²) in [6.45, 7) is 0.846. The maximum Gasteiger partial charge on any atom is 0.314 e. The van der Waals surface area contributed by atoms with Gasteiger partial charge in [-0.05, 0) is 6.92 Å². The van der Waals surface area contributed by atoms with Crippen molar-refractivity contribution in [2.24, 2.45) is 0 Å². The first-order chi connectivity index (χ1) is 6.37. The van der Waals surface area contributed by atoms with Crippen LogP contribution in [0.1, 0.15) is 5.56 Å². The zero-order chi connectivity index (χ0) is 11.0. The van der Waals surface area contributed by atoms with E-state index in [4.69, 9.17) is 5.11 Å². The summed E-state index contributed by atoms with van der Waals surface area (Å²) in [5.41, 5.74) is -2.05. The van der Waals surface area contributed by atoms with Gasteiger partial charge in [-0.25, -0.2) is 4.39 Å². The fourth-order valence-corrected chi connectivity index (χ4v) is 0.963. The highest BCUT2D eigenvalue weighted by Crippen LogP contribution is 2.34. The number of halogens is 3. The van der Waals surface area contributed by atoms with Gasteiger partial charge < -0.3 is 5.11 Å². The molecule has 0 bridgehead atoms. The lowest BCUT2D eigenvalue weighted by Crippen LogP contribution is -2.02. The first-order valence-corrected chi connectivity index (χ1v) is 3.38. The average molecular weight is 207 g/mol. The lowest BCUT2D eigenvalue weighted by atomic mass is 10.1. The maximum absolute atomic E-state index is 12.9. The summed E-state index contributed by atoms with van der Waals surface area (Å²) < 4.78 is 38.3. The Kier molecular flexibility index (Phi) is 2.33. The van der Waals surface area contributed by atoms with E-state index in [0.29, 0.717) is 0 Å². The second kappa shape index (κ2) is 3.17. The van der Waals surface area contributed by atoms with Crippen LogP contribution < -0.4 is 0 Å². The van der Waals surface area contributed by atoms with E-state index in [0.717, 1.165) is 6.92 Å². The Hall–Kier alpha value is -1.79. The number of nitrogens with zero attached hydrogens (tertiary/aromatic N) is 1. The monoisotopic (exact) mass is 207 g/mol. The average Bonchev–Trinajstić information content (AvgIpc) is 2.11. The highest BCUT2D eigenvalue weighted by molar-refractivity contribution is 5.48. The van der Waals surface area contributed by atoms with Crippen molar-refractivity contribution in [1.82, 2.24) is 0 Å². The molecule has 0 fully saturated rings. The van der Waals surface area contributed by atoms with Gasteiger partial charge in [-0.2, -0.15) is 8.78 Å². The van der Waals surface area contributed by atoms with E-state index in [1.54, 1.807) is 0 Å². The summed E-state index contributed by atoms with van der Waals surface area (Å²) in [7, 11) is 0. The fraction of sp³-hybridized carbons (Fsp3) is 0.143. The highest BCUT2D eigenvalue weighted by atomic mass is 19.2. The molecule has 4 nitrogen and oxygen atoms in total. The van der Waals surface area contributed by atoms with Crippen LogP contribution in [0.15, 0.2) is 0 Å². The molecule has 0 unspecified atom stereocenters. The van der Waals surface area contributed by atoms with E-state index in [1.165, 1.54) is 0 Å². The van der Waals surface area contributed by atoms with Crippen molar-refractivity contribution in [3.8, 4) is 5.75 Å². The highest BCUT2D eigenvalue weighted by Gasteiger charge is 2.29. The Labute approximate surface area is 75.7 Å². The van der Waals surface area contributed by atoms with Crippen LogP contribution >= 0.6 is 0 Å². The molecular weight excluding hydrogens is 203 g/mol. The van der Waals surface area contributed by atoms with Gasteiger partial charge in [-0.15, -0.1) is 0 Å². The Morgan fingerprint density at radius 1 is 1.21 bits per heavy atom. The molecule has 0 aliphatic heterocycles. The van der Waals surface area contributed by atoms with Gasteiger partial charge in [0.05, 0.1) is 10.5 Å². The number of hydrogen-bond acceptors (Lipinski definition) is 3. The lowest BCUT2D eigenvalue weighted by molar-refractivity contribution is -0.388. The fourth-order valence-electron chi connectivity index (χ4n) is 0.963. The number of aromatic hydroxyl groups is 1. The molecular formula is C7H4F3NO3. The van der Waals surface area contributed by atoms with E-state index in [2.05, 4.69) is 0 Å². The van der Waals surface area contributed by atoms with E-state index in [1.807, 2.05) is 0 Å². The van der Waals surface area contributed by atoms with Crippen molar-refractivity contribution in [1.29, 1.82) is 0 Å². The van der Waals surface area contributed by atoms with Crippen LogP contribution in [0.3, 0.4) is 0 Å². The summed E-state index contributed by atoms with van der Waals surface area (Å²) in [6.07, 6.45) is 0. The number of rotatable bonds is 1. The number of hydrogen-bond donors (Lipinski definition) is 1. The molecule has 1 aromatic carbocycles. The number of phenolic OH excluding ortho intramolecular Hbond substituents is 1. The standard InChI is InChI=1S/C7H4F3NO3/c1-2-3(8)4(9)7(12)5(10)6(2)11(13)14/h12H,1H3. The first kappa shape index (κ1) is 10.3. The number of nitro groups is 1. The second-order valence-electron chi connectivity index (χ2n) is 2.52. The van der Waals surface area contributed by atoms with E-state index in [-0.39, 0.29) is 0 Å². The van der Waals surface area contributed by atoms with E-state index >= 15 is 0 Å². The van der Waals surface area contributed by atoms with Crippen molar-refractivity contribution in [3.05, 3.63) is 33.1 Å². The topological polar surface area (TPSA) is 63.4 Å². The largest absolute Gasteiger partial charge is 0.503 e. The summed E-state index contributed by atoms with van der Waals surface area (Å²) >= 11 is 0. The zero-order valence-corrected chi connectivity index (χ0v) is 6.84. The SMILES string of the molecule is Cc1c(F)c(F)c(O)c(F)c1[N+](=O)[O-]. The van der Waals surface area contributed by atoms with Crippen molar-refractivity contribution in [2.75, 3.05) is 0 Å². The number of benzene rings is 1. The smallest absolute Gasteiger partial charge is 0.314 e. The number of phenols is 1. The van der Waals surface area contributed by atoms with Crippen molar-refractivity contribution in [3.63, 3.8) is 0 Å². The lowest BCUT2D eigenvalue weighted by Gasteiger charge is -2.03. The maximum atomic E-state index is 12.9. The van der Waals surface area contributed by atoms with Crippen LogP contribution in [0.2, 0.25) is 0 Å². The summed E-state index contributed by atoms with van der Waals surface area (Å²) in [4.78, 5) is 8.99. The third kappa shape index (κ3) is 1.26. The predicted octanol–water partition coefficient (Wildman–Crippen LogP) is 2.03. The van der Waals surface area contributed by atoms with Gasteiger partial charge in [0.1, 0.15) is 0 Å². The molecule has 0 radical (unpaired) electrons. The normalized spacial score (nSPS) is 10.3. The van der Waals surface area contributed by atoms with Gasteiger partial charge in [0.2, 0.25) is 11.6 Å². The molecule has 1 aromatic rings. The molecule has 7 heteroatoms. The van der Waals surface area contributed by atoms with Gasteiger partial charge >= 0.3 is 5.69 Å². The zero-order valence-electron chi connectivity index (χ0n) is 6.84. The first-order valence-electron chi connectivity index (χ1n) is 3.38. The van der Waals surface area contributed by atoms with E-state index in [9.17, 15) is 23.3 Å². The third-order valence-electron chi connectivity index (χ3n) is 1.68. The Morgan fingerprint density at radius 2 is 1.71 bits per heavy atom. The van der Waals surface area contributed by atoms with Gasteiger partial charge in [-0.1, -0.05) is 0 Å². The molecule has 76 valence electrons. The van der Waals surface area contributed by atoms with Gasteiger partial charge in [0.15, 0.2) is 11.6 Å². The molecule has 0 saturated carbocycles. The predicted molar refractivity (Wildman–Crippen MR) is 39.4 cm³/mol. The summed E-state index contributed by atoms with van der Waals surface area (Å²) in [5, 5.41) is 18.9. The molecule has 0 saturated heterocycles. The summed E-state index contributed by atoms with van der Waals surface area (Å²) in [6, 6.07) is 0. The van der Waals surface area contributed by atoms with Crippen LogP contribution in [0.5, 0.6) is 5.75 Å². The van der Waals surface area contributed by atoms with Crippen LogP contribution in [-0.2, 0) is 0 Å². The van der Waals surface area contributed by atoms with Gasteiger partial charge in [0.25, 0.3) is 0 Å². The van der Waals surface area contributed by atoms with Crippen LogP contribution in [0.25, 0.3) is 0 Å². The Bertz CT molecular complexity index is 390. The minimum absolute atomic E-state index is 0.789. The molecule has 1 N–H and O–H groups in total. The number of nitro benzene ring substituents is 1. The molecule has 14 heavy (non-hydrogen) atoms. The van der Waals surface area contributed by atoms with Crippen LogP contribution in [-0.4, -0.2) is 10.0 Å². The van der Waals surface area contributed by atoms with Crippen molar-refractivity contribution < 1.29 is 23.2 Å². The Morgan fingerprint density at radius 3 is 2.14 bits per heavy atom. The second-order valence-corrected chi connectivity index (χ2v) is 2.52. The van der Waals surface area contributed by atoms with Crippen LogP contribution in [0.4, 0.5) is 18.9 Å². The molecule has 1 rings (SSSR count). The Balaban J connectivity index is 3.68. The molecule has 0 aliphatic carbocycles. The minimum atomic E-state index is -1.83. The van der Waals surface area contributed by atoms with E-state index < -0.39 is 39.4 Å². The molecule has 0 atom stereocenters. The molecule has 0 spiro atoms. The van der Waals surface area contributed by atoms with Gasteiger partial charge in [-0.3, -0.25) is 10.1 Å². The minimum Gasteiger partial charge on any atom is -0.503 e. The van der Waals surface area contributed by atoms with Crippen LogP contribution in [0, 0.1) is 34.5 Å². The quantitative estimate of drug-likeness (QED) is 0.435. The molecule has 0 heterocycles.